The molecule has 5 rings (SSSR count). The van der Waals surface area contributed by atoms with Crippen LogP contribution in [0.5, 0.6) is 5.75 Å². The van der Waals surface area contributed by atoms with Gasteiger partial charge in [0.05, 0.1) is 12.8 Å². The fourth-order valence-electron chi connectivity index (χ4n) is 5.43. The SMILES string of the molecule is COc1cc(C)c(Br)c2c1[C@H](CCO)CCN2C(=O)OCC1c2ccccc2-c2ccccc21. The molecule has 0 unspecified atom stereocenters. The Bertz CT molecular complexity index is 1200. The summed E-state index contributed by atoms with van der Waals surface area (Å²) in [5.74, 6) is 0.869. The molecule has 34 heavy (non-hydrogen) atoms. The lowest BCUT2D eigenvalue weighted by atomic mass is 9.86. The molecule has 1 amide bonds. The first-order chi connectivity index (χ1) is 16.5. The molecule has 3 aromatic rings. The van der Waals surface area contributed by atoms with Crippen LogP contribution < -0.4 is 9.64 Å². The number of carbonyl (C=O) groups is 1. The molecule has 0 bridgehead atoms. The van der Waals surface area contributed by atoms with Crippen molar-refractivity contribution in [3.8, 4) is 16.9 Å². The van der Waals surface area contributed by atoms with Gasteiger partial charge < -0.3 is 14.6 Å². The van der Waals surface area contributed by atoms with Crippen molar-refractivity contribution in [3.63, 3.8) is 0 Å². The molecule has 1 aliphatic heterocycles. The smallest absolute Gasteiger partial charge is 0.414 e. The minimum Gasteiger partial charge on any atom is -0.496 e. The van der Waals surface area contributed by atoms with E-state index in [1.807, 2.05) is 37.3 Å². The highest BCUT2D eigenvalue weighted by Crippen LogP contribution is 2.49. The Morgan fingerprint density at radius 3 is 2.38 bits per heavy atom. The van der Waals surface area contributed by atoms with E-state index in [1.54, 1.807) is 12.0 Å². The summed E-state index contributed by atoms with van der Waals surface area (Å²) in [5.41, 5.74) is 7.52. The zero-order chi connectivity index (χ0) is 23.8. The average molecular weight is 522 g/mol. The second-order valence-electron chi connectivity index (χ2n) is 8.93. The Kier molecular flexibility index (Phi) is 6.36. The molecular weight excluding hydrogens is 494 g/mol. The number of methoxy groups -OCH3 is 1. The molecule has 0 saturated heterocycles. The van der Waals surface area contributed by atoms with Crippen LogP contribution in [-0.2, 0) is 4.74 Å². The fourth-order valence-corrected chi connectivity index (χ4v) is 5.97. The summed E-state index contributed by atoms with van der Waals surface area (Å²) in [6.07, 6.45) is 1.000. The third-order valence-electron chi connectivity index (χ3n) is 7.06. The Labute approximate surface area is 208 Å². The molecule has 1 aliphatic carbocycles. The van der Waals surface area contributed by atoms with Gasteiger partial charge in [0.25, 0.3) is 0 Å². The summed E-state index contributed by atoms with van der Waals surface area (Å²) in [4.78, 5) is 15.2. The molecule has 3 aromatic carbocycles. The van der Waals surface area contributed by atoms with E-state index < -0.39 is 0 Å². The number of aryl methyl sites for hydroxylation is 1. The number of aliphatic hydroxyl groups is 1. The van der Waals surface area contributed by atoms with E-state index in [2.05, 4.69) is 40.2 Å². The fraction of sp³-hybridized carbons (Fsp3) is 0.321. The lowest BCUT2D eigenvalue weighted by molar-refractivity contribution is 0.149. The lowest BCUT2D eigenvalue weighted by Gasteiger charge is -2.36. The van der Waals surface area contributed by atoms with Crippen LogP contribution in [-0.4, -0.2) is 38.1 Å². The topological polar surface area (TPSA) is 59.0 Å². The molecule has 1 N–H and O–H groups in total. The first-order valence-corrected chi connectivity index (χ1v) is 12.4. The van der Waals surface area contributed by atoms with Gasteiger partial charge in [0.1, 0.15) is 12.4 Å². The summed E-state index contributed by atoms with van der Waals surface area (Å²) < 4.78 is 12.5. The van der Waals surface area contributed by atoms with Gasteiger partial charge in [-0.15, -0.1) is 0 Å². The second-order valence-corrected chi connectivity index (χ2v) is 9.72. The van der Waals surface area contributed by atoms with E-state index in [1.165, 1.54) is 22.3 Å². The van der Waals surface area contributed by atoms with Crippen molar-refractivity contribution in [2.75, 3.05) is 31.8 Å². The van der Waals surface area contributed by atoms with Gasteiger partial charge >= 0.3 is 6.09 Å². The zero-order valence-corrected chi connectivity index (χ0v) is 21.0. The first kappa shape index (κ1) is 22.9. The number of fused-ring (bicyclic) bond motifs is 4. The van der Waals surface area contributed by atoms with Crippen LogP contribution in [0.15, 0.2) is 59.1 Å². The number of halogens is 1. The number of amides is 1. The predicted molar refractivity (Wildman–Crippen MR) is 137 cm³/mol. The number of nitrogens with zero attached hydrogens (tertiary/aromatic N) is 1. The molecule has 1 heterocycles. The van der Waals surface area contributed by atoms with Crippen LogP contribution in [0.2, 0.25) is 0 Å². The van der Waals surface area contributed by atoms with Gasteiger partial charge in [0.2, 0.25) is 0 Å². The van der Waals surface area contributed by atoms with Gasteiger partial charge in [0.15, 0.2) is 0 Å². The lowest BCUT2D eigenvalue weighted by Crippen LogP contribution is -2.38. The van der Waals surface area contributed by atoms with E-state index in [0.29, 0.717) is 13.0 Å². The summed E-state index contributed by atoms with van der Waals surface area (Å²) in [7, 11) is 1.64. The van der Waals surface area contributed by atoms with Crippen LogP contribution in [0, 0.1) is 6.92 Å². The van der Waals surface area contributed by atoms with Crippen LogP contribution in [0.1, 0.15) is 46.9 Å². The largest absolute Gasteiger partial charge is 0.496 e. The maximum absolute atomic E-state index is 13.5. The molecular formula is C28H28BrNO4. The van der Waals surface area contributed by atoms with Crippen molar-refractivity contribution in [2.24, 2.45) is 0 Å². The number of hydrogen-bond donors (Lipinski definition) is 1. The third-order valence-corrected chi connectivity index (χ3v) is 8.06. The van der Waals surface area contributed by atoms with E-state index >= 15 is 0 Å². The minimum absolute atomic E-state index is 0.0123. The highest BCUT2D eigenvalue weighted by Gasteiger charge is 2.36. The molecule has 0 spiro atoms. The highest BCUT2D eigenvalue weighted by atomic mass is 79.9. The van der Waals surface area contributed by atoms with Crippen molar-refractivity contribution >= 4 is 27.7 Å². The van der Waals surface area contributed by atoms with Gasteiger partial charge in [-0.1, -0.05) is 48.5 Å². The van der Waals surface area contributed by atoms with E-state index in [-0.39, 0.29) is 31.1 Å². The standard InChI is InChI=1S/C28H28BrNO4/c1-17-15-24(33-2)25-18(12-14-31)11-13-30(27(25)26(17)29)28(32)34-16-23-21-9-5-3-7-19(21)20-8-4-6-10-22(20)23/h3-10,15,18,23,31H,11-14,16H2,1-2H3/t18-/m0/s1. The number of aliphatic hydroxyl groups excluding tert-OH is 1. The summed E-state index contributed by atoms with van der Waals surface area (Å²) in [6, 6.07) is 18.6. The highest BCUT2D eigenvalue weighted by molar-refractivity contribution is 9.10. The molecule has 2 aliphatic rings. The van der Waals surface area contributed by atoms with E-state index in [0.717, 1.165) is 33.5 Å². The Hall–Kier alpha value is -2.83. The quantitative estimate of drug-likeness (QED) is 0.422. The molecule has 176 valence electrons. The Balaban J connectivity index is 1.45. The second kappa shape index (κ2) is 9.43. The number of ether oxygens (including phenoxy) is 2. The van der Waals surface area contributed by atoms with Gasteiger partial charge in [0, 0.05) is 29.1 Å². The average Bonchev–Trinajstić information content (AvgIpc) is 3.18. The maximum Gasteiger partial charge on any atom is 0.414 e. The minimum atomic E-state index is -0.362. The summed E-state index contributed by atoms with van der Waals surface area (Å²) in [5, 5.41) is 9.61. The van der Waals surface area contributed by atoms with Gasteiger partial charge in [-0.3, -0.25) is 4.90 Å². The number of benzene rings is 3. The molecule has 0 saturated carbocycles. The van der Waals surface area contributed by atoms with Crippen molar-refractivity contribution in [2.45, 2.75) is 31.6 Å². The van der Waals surface area contributed by atoms with Crippen LogP contribution in [0.4, 0.5) is 10.5 Å². The zero-order valence-electron chi connectivity index (χ0n) is 19.4. The summed E-state index contributed by atoms with van der Waals surface area (Å²) in [6.45, 7) is 2.88. The van der Waals surface area contributed by atoms with E-state index in [4.69, 9.17) is 9.47 Å². The Morgan fingerprint density at radius 2 is 1.76 bits per heavy atom. The van der Waals surface area contributed by atoms with Gasteiger partial charge in [-0.05, 0) is 75.5 Å². The number of anilines is 1. The van der Waals surface area contributed by atoms with Crippen molar-refractivity contribution < 1.29 is 19.4 Å². The number of hydrogen-bond acceptors (Lipinski definition) is 4. The van der Waals surface area contributed by atoms with Crippen LogP contribution in [0.25, 0.3) is 11.1 Å². The first-order valence-electron chi connectivity index (χ1n) is 11.7. The molecule has 0 fully saturated rings. The van der Waals surface area contributed by atoms with Crippen molar-refractivity contribution in [1.29, 1.82) is 0 Å². The van der Waals surface area contributed by atoms with Crippen LogP contribution in [0.3, 0.4) is 0 Å². The molecule has 0 radical (unpaired) electrons. The van der Waals surface area contributed by atoms with Crippen LogP contribution >= 0.6 is 15.9 Å². The Morgan fingerprint density at radius 1 is 1.12 bits per heavy atom. The molecule has 5 nitrogen and oxygen atoms in total. The third kappa shape index (κ3) is 3.79. The predicted octanol–water partition coefficient (Wildman–Crippen LogP) is 6.39. The van der Waals surface area contributed by atoms with E-state index in [9.17, 15) is 9.90 Å². The molecule has 1 atom stereocenters. The number of carbonyl (C=O) groups excluding carboxylic acids is 1. The molecule has 0 aromatic heterocycles. The normalized spacial score (nSPS) is 16.6. The van der Waals surface area contributed by atoms with Crippen molar-refractivity contribution in [1.82, 2.24) is 0 Å². The molecule has 6 heteroatoms. The van der Waals surface area contributed by atoms with Gasteiger partial charge in [-0.2, -0.15) is 0 Å². The number of rotatable bonds is 5. The summed E-state index contributed by atoms with van der Waals surface area (Å²) >= 11 is 3.71. The van der Waals surface area contributed by atoms with Crippen molar-refractivity contribution in [3.05, 3.63) is 81.3 Å². The monoisotopic (exact) mass is 521 g/mol. The van der Waals surface area contributed by atoms with Gasteiger partial charge in [-0.25, -0.2) is 4.79 Å². The maximum atomic E-state index is 13.5.